The molecule has 0 atom stereocenters. The molecule has 100 valence electrons. The van der Waals surface area contributed by atoms with Gasteiger partial charge in [-0.1, -0.05) is 19.8 Å². The Bertz CT molecular complexity index is 394. The van der Waals surface area contributed by atoms with Crippen molar-refractivity contribution in [1.82, 2.24) is 4.98 Å². The van der Waals surface area contributed by atoms with Crippen molar-refractivity contribution in [2.75, 3.05) is 6.61 Å². The highest BCUT2D eigenvalue weighted by molar-refractivity contribution is 7.09. The van der Waals surface area contributed by atoms with Crippen molar-refractivity contribution >= 4 is 17.3 Å². The zero-order chi connectivity index (χ0) is 13.0. The van der Waals surface area contributed by atoms with Crippen LogP contribution in [0.4, 0.5) is 0 Å². The molecule has 0 spiro atoms. The summed E-state index contributed by atoms with van der Waals surface area (Å²) in [5, 5.41) is 3.21. The van der Waals surface area contributed by atoms with Gasteiger partial charge in [-0.05, 0) is 25.7 Å². The van der Waals surface area contributed by atoms with Gasteiger partial charge in [0, 0.05) is 11.3 Å². The fourth-order valence-corrected chi connectivity index (χ4v) is 3.45. The fraction of sp³-hybridized carbons (Fsp3) is 0.714. The second kappa shape index (κ2) is 6.32. The highest BCUT2D eigenvalue weighted by Crippen LogP contribution is 2.36. The lowest BCUT2D eigenvalue weighted by Gasteiger charge is -2.24. The monoisotopic (exact) mass is 267 g/mol. The lowest BCUT2D eigenvalue weighted by atomic mass is 9.83. The van der Waals surface area contributed by atoms with Crippen LogP contribution in [0.3, 0.4) is 0 Å². The smallest absolute Gasteiger partial charge is 0.311 e. The van der Waals surface area contributed by atoms with Crippen molar-refractivity contribution < 1.29 is 9.53 Å². The van der Waals surface area contributed by atoms with Crippen LogP contribution >= 0.6 is 11.3 Å². The van der Waals surface area contributed by atoms with Crippen LogP contribution in [-0.2, 0) is 16.0 Å². The summed E-state index contributed by atoms with van der Waals surface area (Å²) >= 11 is 1.70. The Kier molecular flexibility index (Phi) is 4.75. The summed E-state index contributed by atoms with van der Waals surface area (Å²) in [6.07, 6.45) is 5.41. The van der Waals surface area contributed by atoms with Crippen LogP contribution < -0.4 is 0 Å². The maximum Gasteiger partial charge on any atom is 0.311 e. The number of hydrogen-bond acceptors (Lipinski definition) is 4. The summed E-state index contributed by atoms with van der Waals surface area (Å²) in [6, 6.07) is 0. The molecular weight excluding hydrogens is 246 g/mol. The Balaban J connectivity index is 1.91. The molecular formula is C14H21NO2S. The van der Waals surface area contributed by atoms with Crippen molar-refractivity contribution in [3.05, 3.63) is 16.1 Å². The van der Waals surface area contributed by atoms with E-state index in [1.165, 1.54) is 30.7 Å². The summed E-state index contributed by atoms with van der Waals surface area (Å²) < 4.78 is 4.94. The molecule has 1 fully saturated rings. The van der Waals surface area contributed by atoms with E-state index in [-0.39, 0.29) is 5.97 Å². The molecule has 3 nitrogen and oxygen atoms in total. The highest BCUT2D eigenvalue weighted by Gasteiger charge is 2.22. The van der Waals surface area contributed by atoms with Gasteiger partial charge in [0.15, 0.2) is 0 Å². The molecule has 1 heterocycles. The van der Waals surface area contributed by atoms with E-state index in [0.29, 0.717) is 18.9 Å². The molecule has 1 aliphatic carbocycles. The largest absolute Gasteiger partial charge is 0.466 e. The van der Waals surface area contributed by atoms with Crippen LogP contribution in [0.1, 0.15) is 56.2 Å². The van der Waals surface area contributed by atoms with E-state index in [0.717, 1.165) is 11.6 Å². The van der Waals surface area contributed by atoms with E-state index in [9.17, 15) is 4.79 Å². The Labute approximate surface area is 113 Å². The average molecular weight is 267 g/mol. The second-order valence-corrected chi connectivity index (χ2v) is 6.01. The molecule has 1 aliphatic rings. The quantitative estimate of drug-likeness (QED) is 0.783. The van der Waals surface area contributed by atoms with E-state index >= 15 is 0 Å². The van der Waals surface area contributed by atoms with Crippen LogP contribution in [0.2, 0.25) is 0 Å². The lowest BCUT2D eigenvalue weighted by Crippen LogP contribution is -2.11. The predicted molar refractivity (Wildman–Crippen MR) is 72.8 cm³/mol. The lowest BCUT2D eigenvalue weighted by molar-refractivity contribution is -0.142. The van der Waals surface area contributed by atoms with Gasteiger partial charge in [-0.15, -0.1) is 11.3 Å². The molecule has 18 heavy (non-hydrogen) atoms. The van der Waals surface area contributed by atoms with Crippen molar-refractivity contribution in [3.63, 3.8) is 0 Å². The van der Waals surface area contributed by atoms with Crippen molar-refractivity contribution in [3.8, 4) is 0 Å². The first kappa shape index (κ1) is 13.5. The van der Waals surface area contributed by atoms with Crippen LogP contribution in [0.15, 0.2) is 5.38 Å². The van der Waals surface area contributed by atoms with E-state index < -0.39 is 0 Å². The molecule has 2 rings (SSSR count). The fourth-order valence-electron chi connectivity index (χ4n) is 2.46. The topological polar surface area (TPSA) is 39.2 Å². The van der Waals surface area contributed by atoms with Gasteiger partial charge in [-0.25, -0.2) is 4.98 Å². The third-order valence-electron chi connectivity index (χ3n) is 3.57. The van der Waals surface area contributed by atoms with Gasteiger partial charge < -0.3 is 4.74 Å². The number of carbonyl (C=O) groups excluding carboxylic acids is 1. The number of thiazole rings is 1. The van der Waals surface area contributed by atoms with Crippen molar-refractivity contribution in [2.24, 2.45) is 5.92 Å². The van der Waals surface area contributed by atoms with Crippen LogP contribution in [0.5, 0.6) is 0 Å². The third kappa shape index (κ3) is 3.55. The minimum absolute atomic E-state index is 0.174. The van der Waals surface area contributed by atoms with Gasteiger partial charge in [0.05, 0.1) is 23.7 Å². The summed E-state index contributed by atoms with van der Waals surface area (Å²) in [7, 11) is 0. The summed E-state index contributed by atoms with van der Waals surface area (Å²) in [6.45, 7) is 4.59. The Morgan fingerprint density at radius 1 is 1.44 bits per heavy atom. The summed E-state index contributed by atoms with van der Waals surface area (Å²) in [5.41, 5.74) is 0.868. The van der Waals surface area contributed by atoms with E-state index in [1.54, 1.807) is 11.3 Å². The maximum absolute atomic E-state index is 11.4. The molecule has 0 saturated heterocycles. The number of hydrogen-bond donors (Lipinski definition) is 0. The number of ether oxygens (including phenoxy) is 1. The number of esters is 1. The first-order valence-electron chi connectivity index (χ1n) is 6.79. The molecule has 0 aromatic carbocycles. The Morgan fingerprint density at radius 2 is 2.17 bits per heavy atom. The van der Waals surface area contributed by atoms with Gasteiger partial charge in [0.2, 0.25) is 0 Å². The Morgan fingerprint density at radius 3 is 2.83 bits per heavy atom. The number of carbonyl (C=O) groups is 1. The first-order chi connectivity index (χ1) is 8.69. The second-order valence-electron chi connectivity index (χ2n) is 5.12. The van der Waals surface area contributed by atoms with E-state index in [4.69, 9.17) is 4.74 Å². The standard InChI is InChI=1S/C14H21NO2S/c1-3-17-13(16)8-12-9-18-14(15-12)11-6-4-10(2)5-7-11/h9-11H,3-8H2,1-2H3. The zero-order valence-electron chi connectivity index (χ0n) is 11.1. The molecule has 4 heteroatoms. The van der Waals surface area contributed by atoms with Crippen LogP contribution in [0.25, 0.3) is 0 Å². The molecule has 0 bridgehead atoms. The van der Waals surface area contributed by atoms with Gasteiger partial charge in [-0.2, -0.15) is 0 Å². The normalized spacial score (nSPS) is 23.9. The first-order valence-corrected chi connectivity index (χ1v) is 7.67. The highest BCUT2D eigenvalue weighted by atomic mass is 32.1. The van der Waals surface area contributed by atoms with Crippen molar-refractivity contribution in [1.29, 1.82) is 0 Å². The van der Waals surface area contributed by atoms with E-state index in [1.807, 2.05) is 12.3 Å². The van der Waals surface area contributed by atoms with Gasteiger partial charge in [0.1, 0.15) is 0 Å². The minimum Gasteiger partial charge on any atom is -0.466 e. The Hall–Kier alpha value is -0.900. The minimum atomic E-state index is -0.174. The number of rotatable bonds is 4. The molecule has 1 aromatic heterocycles. The molecule has 0 radical (unpaired) electrons. The van der Waals surface area contributed by atoms with E-state index in [2.05, 4.69) is 11.9 Å². The maximum atomic E-state index is 11.4. The third-order valence-corrected chi connectivity index (χ3v) is 4.62. The number of aromatic nitrogens is 1. The summed E-state index contributed by atoms with van der Waals surface area (Å²) in [5.74, 6) is 1.30. The number of nitrogens with zero attached hydrogens (tertiary/aromatic N) is 1. The van der Waals surface area contributed by atoms with Crippen molar-refractivity contribution in [2.45, 2.75) is 51.9 Å². The molecule has 0 N–H and O–H groups in total. The zero-order valence-corrected chi connectivity index (χ0v) is 12.0. The molecule has 0 amide bonds. The average Bonchev–Trinajstić information content (AvgIpc) is 2.78. The van der Waals surface area contributed by atoms with Crippen LogP contribution in [-0.4, -0.2) is 17.6 Å². The summed E-state index contributed by atoms with van der Waals surface area (Å²) in [4.78, 5) is 16.0. The van der Waals surface area contributed by atoms with Gasteiger partial charge >= 0.3 is 5.97 Å². The van der Waals surface area contributed by atoms with Gasteiger partial charge in [0.25, 0.3) is 0 Å². The van der Waals surface area contributed by atoms with Gasteiger partial charge in [-0.3, -0.25) is 4.79 Å². The molecule has 1 saturated carbocycles. The molecule has 0 aliphatic heterocycles. The molecule has 1 aromatic rings. The SMILES string of the molecule is CCOC(=O)Cc1csc(C2CCC(C)CC2)n1. The van der Waals surface area contributed by atoms with Crippen LogP contribution in [0, 0.1) is 5.92 Å². The predicted octanol–water partition coefficient (Wildman–Crippen LogP) is 3.54. The molecule has 0 unspecified atom stereocenters.